The predicted octanol–water partition coefficient (Wildman–Crippen LogP) is 0.920. The summed E-state index contributed by atoms with van der Waals surface area (Å²) >= 11 is 3.19. The maximum atomic E-state index is 11.5. The minimum atomic E-state index is -3.93. The number of nitrogens with one attached hydrogen (secondary N) is 1. The molecule has 1 aromatic carbocycles. The first-order valence-corrected chi connectivity index (χ1v) is 7.82. The summed E-state index contributed by atoms with van der Waals surface area (Å²) < 4.78 is 28.9. The Labute approximate surface area is 120 Å². The molecular formula is C11H15BrN2O4S. The van der Waals surface area contributed by atoms with E-state index in [9.17, 15) is 13.2 Å². The maximum Gasteiger partial charge on any atom is 0.257 e. The van der Waals surface area contributed by atoms with Crippen molar-refractivity contribution < 1.29 is 17.9 Å². The molecule has 0 aromatic heterocycles. The topological polar surface area (TPSA) is 98.5 Å². The number of primary sulfonamides is 1. The molecule has 8 heteroatoms. The van der Waals surface area contributed by atoms with Gasteiger partial charge in [0.2, 0.25) is 10.0 Å². The fraction of sp³-hybridized carbons (Fsp3) is 0.364. The summed E-state index contributed by atoms with van der Waals surface area (Å²) in [5.74, 6) is -0.234. The first kappa shape index (κ1) is 15.9. The highest BCUT2D eigenvalue weighted by Gasteiger charge is 2.19. The fourth-order valence-electron chi connectivity index (χ4n) is 1.48. The van der Waals surface area contributed by atoms with Gasteiger partial charge in [0.1, 0.15) is 10.6 Å². The average Bonchev–Trinajstić information content (AvgIpc) is 2.26. The Morgan fingerprint density at radius 2 is 2.11 bits per heavy atom. The Morgan fingerprint density at radius 1 is 1.47 bits per heavy atom. The predicted molar refractivity (Wildman–Crippen MR) is 74.4 cm³/mol. The van der Waals surface area contributed by atoms with Crippen LogP contribution in [-0.4, -0.2) is 27.5 Å². The Hall–Kier alpha value is -1.12. The third-order valence-electron chi connectivity index (χ3n) is 2.23. The Kier molecular flexibility index (Phi) is 5.33. The summed E-state index contributed by atoms with van der Waals surface area (Å²) in [5, 5.41) is 7.68. The zero-order chi connectivity index (χ0) is 14.6. The number of hydrogen-bond acceptors (Lipinski definition) is 4. The van der Waals surface area contributed by atoms with E-state index in [0.29, 0.717) is 16.6 Å². The van der Waals surface area contributed by atoms with Gasteiger partial charge in [-0.1, -0.05) is 15.9 Å². The Balaban J connectivity index is 3.09. The van der Waals surface area contributed by atoms with Crippen LogP contribution in [0.4, 0.5) is 0 Å². The van der Waals surface area contributed by atoms with Gasteiger partial charge in [0.05, 0.1) is 0 Å². The molecule has 1 rings (SSSR count). The molecule has 0 unspecified atom stereocenters. The number of amides is 1. The van der Waals surface area contributed by atoms with Crippen LogP contribution in [0.5, 0.6) is 5.75 Å². The van der Waals surface area contributed by atoms with Crippen LogP contribution in [-0.2, 0) is 14.8 Å². The zero-order valence-corrected chi connectivity index (χ0v) is 13.0. The maximum absolute atomic E-state index is 11.5. The molecule has 0 aliphatic carbocycles. The normalized spacial score (nSPS) is 11.2. The minimum absolute atomic E-state index is 0.0944. The number of aryl methyl sites for hydroxylation is 1. The first-order valence-electron chi connectivity index (χ1n) is 5.48. The highest BCUT2D eigenvalue weighted by Crippen LogP contribution is 2.30. The fourth-order valence-corrected chi connectivity index (χ4v) is 2.97. The van der Waals surface area contributed by atoms with Crippen molar-refractivity contribution in [3.8, 4) is 5.75 Å². The van der Waals surface area contributed by atoms with Crippen LogP contribution in [0.25, 0.3) is 0 Å². The number of benzene rings is 1. The molecule has 0 aliphatic heterocycles. The smallest absolute Gasteiger partial charge is 0.257 e. The van der Waals surface area contributed by atoms with Gasteiger partial charge in [-0.2, -0.15) is 0 Å². The number of ether oxygens (including phenoxy) is 1. The molecule has 0 saturated carbocycles. The lowest BCUT2D eigenvalue weighted by atomic mass is 10.2. The third-order valence-corrected chi connectivity index (χ3v) is 3.61. The SMILES string of the molecule is CCNC(=O)COc1c(C)cc(Br)cc1S(N)(=O)=O. The molecule has 1 amide bonds. The van der Waals surface area contributed by atoms with Crippen LogP contribution in [0.3, 0.4) is 0 Å². The molecule has 19 heavy (non-hydrogen) atoms. The highest BCUT2D eigenvalue weighted by molar-refractivity contribution is 9.10. The Morgan fingerprint density at radius 3 is 2.63 bits per heavy atom. The van der Waals surface area contributed by atoms with Crippen molar-refractivity contribution in [1.82, 2.24) is 5.32 Å². The van der Waals surface area contributed by atoms with Gasteiger partial charge in [-0.05, 0) is 31.5 Å². The number of likely N-dealkylation sites (N-methyl/N-ethyl adjacent to an activating group) is 1. The van der Waals surface area contributed by atoms with E-state index in [1.165, 1.54) is 6.07 Å². The largest absolute Gasteiger partial charge is 0.482 e. The minimum Gasteiger partial charge on any atom is -0.482 e. The lowest BCUT2D eigenvalue weighted by Gasteiger charge is -2.13. The molecule has 0 radical (unpaired) electrons. The monoisotopic (exact) mass is 350 g/mol. The standard InChI is InChI=1S/C11H15BrN2O4S/c1-3-14-10(15)6-18-11-7(2)4-8(12)5-9(11)19(13,16)17/h4-5H,3,6H2,1-2H3,(H,14,15)(H2,13,16,17). The van der Waals surface area contributed by atoms with Gasteiger partial charge in [-0.3, -0.25) is 4.79 Å². The Bertz CT molecular complexity index is 587. The first-order chi connectivity index (χ1) is 8.75. The van der Waals surface area contributed by atoms with E-state index in [1.54, 1.807) is 19.9 Å². The van der Waals surface area contributed by atoms with Gasteiger partial charge in [-0.25, -0.2) is 13.6 Å². The molecule has 0 spiro atoms. The van der Waals surface area contributed by atoms with E-state index in [-0.39, 0.29) is 23.2 Å². The van der Waals surface area contributed by atoms with Crippen molar-refractivity contribution in [2.75, 3.05) is 13.2 Å². The molecule has 0 fully saturated rings. The van der Waals surface area contributed by atoms with Crippen molar-refractivity contribution in [3.63, 3.8) is 0 Å². The van der Waals surface area contributed by atoms with Gasteiger partial charge < -0.3 is 10.1 Å². The third kappa shape index (κ3) is 4.48. The van der Waals surface area contributed by atoms with Crippen LogP contribution in [0.2, 0.25) is 0 Å². The average molecular weight is 351 g/mol. The van der Waals surface area contributed by atoms with E-state index in [4.69, 9.17) is 9.88 Å². The number of nitrogens with two attached hydrogens (primary N) is 1. The van der Waals surface area contributed by atoms with Gasteiger partial charge in [-0.15, -0.1) is 0 Å². The number of sulfonamides is 1. The molecular weight excluding hydrogens is 336 g/mol. The summed E-state index contributed by atoms with van der Waals surface area (Å²) in [7, 11) is -3.93. The van der Waals surface area contributed by atoms with Crippen LogP contribution in [0.1, 0.15) is 12.5 Å². The van der Waals surface area contributed by atoms with Crippen LogP contribution < -0.4 is 15.2 Å². The van der Waals surface area contributed by atoms with Crippen LogP contribution in [0, 0.1) is 6.92 Å². The molecule has 0 heterocycles. The van der Waals surface area contributed by atoms with Crippen molar-refractivity contribution in [3.05, 3.63) is 22.2 Å². The van der Waals surface area contributed by atoms with Gasteiger partial charge >= 0.3 is 0 Å². The van der Waals surface area contributed by atoms with Gasteiger partial charge in [0.15, 0.2) is 6.61 Å². The molecule has 0 atom stereocenters. The van der Waals surface area contributed by atoms with E-state index in [1.807, 2.05) is 0 Å². The molecule has 0 bridgehead atoms. The van der Waals surface area contributed by atoms with Crippen molar-refractivity contribution >= 4 is 31.9 Å². The van der Waals surface area contributed by atoms with E-state index >= 15 is 0 Å². The van der Waals surface area contributed by atoms with E-state index in [0.717, 1.165) is 0 Å². The number of rotatable bonds is 5. The van der Waals surface area contributed by atoms with Gasteiger partial charge in [0.25, 0.3) is 5.91 Å². The lowest BCUT2D eigenvalue weighted by Crippen LogP contribution is -2.29. The number of hydrogen-bond donors (Lipinski definition) is 2. The molecule has 3 N–H and O–H groups in total. The molecule has 106 valence electrons. The van der Waals surface area contributed by atoms with Gasteiger partial charge in [0, 0.05) is 11.0 Å². The van der Waals surface area contributed by atoms with Crippen molar-refractivity contribution in [2.45, 2.75) is 18.7 Å². The second-order valence-corrected chi connectivity index (χ2v) is 6.28. The van der Waals surface area contributed by atoms with E-state index in [2.05, 4.69) is 21.2 Å². The molecule has 0 aliphatic rings. The second-order valence-electron chi connectivity index (χ2n) is 3.84. The second kappa shape index (κ2) is 6.36. The van der Waals surface area contributed by atoms with Crippen LogP contribution in [0.15, 0.2) is 21.5 Å². The summed E-state index contributed by atoms with van der Waals surface area (Å²) in [6.45, 7) is 3.66. The van der Waals surface area contributed by atoms with Crippen LogP contribution >= 0.6 is 15.9 Å². The molecule has 6 nitrogen and oxygen atoms in total. The summed E-state index contributed by atoms with van der Waals surface area (Å²) in [5.41, 5.74) is 0.572. The molecule has 1 aromatic rings. The quantitative estimate of drug-likeness (QED) is 0.824. The van der Waals surface area contributed by atoms with E-state index < -0.39 is 10.0 Å². The zero-order valence-electron chi connectivity index (χ0n) is 10.6. The van der Waals surface area contributed by atoms with Crippen molar-refractivity contribution in [2.24, 2.45) is 5.14 Å². The lowest BCUT2D eigenvalue weighted by molar-refractivity contribution is -0.123. The highest BCUT2D eigenvalue weighted by atomic mass is 79.9. The number of carbonyl (C=O) groups is 1. The number of halogens is 1. The molecule has 0 saturated heterocycles. The van der Waals surface area contributed by atoms with Crippen molar-refractivity contribution in [1.29, 1.82) is 0 Å². The summed E-state index contributed by atoms with van der Waals surface area (Å²) in [6.07, 6.45) is 0. The number of carbonyl (C=O) groups excluding carboxylic acids is 1. The summed E-state index contributed by atoms with van der Waals surface area (Å²) in [6, 6.07) is 3.02. The summed E-state index contributed by atoms with van der Waals surface area (Å²) in [4.78, 5) is 11.2.